The molecule has 1 rings (SSSR count). The van der Waals surface area contributed by atoms with Gasteiger partial charge in [0, 0.05) is 25.2 Å². The molecule has 1 aromatic rings. The molecule has 0 saturated heterocycles. The summed E-state index contributed by atoms with van der Waals surface area (Å²) in [4.78, 5) is 2.43. The second-order valence-electron chi connectivity index (χ2n) is 3.86. The minimum absolute atomic E-state index is 0.386. The van der Waals surface area contributed by atoms with E-state index in [-0.39, 0.29) is 0 Å². The number of anilines is 1. The number of rotatable bonds is 6. The Morgan fingerprint density at radius 3 is 2.47 bits per heavy atom. The Kier molecular flexibility index (Phi) is 5.28. The highest BCUT2D eigenvalue weighted by Crippen LogP contribution is 2.24. The summed E-state index contributed by atoms with van der Waals surface area (Å²) in [6, 6.07) is 7.09. The van der Waals surface area contributed by atoms with Crippen LogP contribution in [0, 0.1) is 0 Å². The first kappa shape index (κ1) is 14.3. The van der Waals surface area contributed by atoms with Gasteiger partial charge in [-0.1, -0.05) is 12.1 Å². The van der Waals surface area contributed by atoms with E-state index in [2.05, 4.69) is 0 Å². The minimum Gasteiger partial charge on any atom is -0.371 e. The van der Waals surface area contributed by atoms with Crippen molar-refractivity contribution in [1.29, 1.82) is 0 Å². The molecule has 0 amide bonds. The van der Waals surface area contributed by atoms with Gasteiger partial charge < -0.3 is 4.90 Å². The van der Waals surface area contributed by atoms with Crippen molar-refractivity contribution in [1.82, 2.24) is 0 Å². The molecule has 0 atom stereocenters. The highest BCUT2D eigenvalue weighted by Gasteiger charge is 2.16. The van der Waals surface area contributed by atoms with Crippen LogP contribution < -0.4 is 4.90 Å². The van der Waals surface area contributed by atoms with E-state index >= 15 is 0 Å². The van der Waals surface area contributed by atoms with Crippen molar-refractivity contribution in [2.24, 2.45) is 0 Å². The maximum absolute atomic E-state index is 11.7. The summed E-state index contributed by atoms with van der Waals surface area (Å²) in [5, 5.41) is 0. The molecule has 5 heteroatoms. The number of para-hydroxylation sites is 1. The van der Waals surface area contributed by atoms with Crippen LogP contribution in [0.1, 0.15) is 13.3 Å². The molecule has 96 valence electrons. The fourth-order valence-electron chi connectivity index (χ4n) is 1.73. The fraction of sp³-hybridized carbons (Fsp3) is 0.500. The average molecular weight is 276 g/mol. The number of hydrogen-bond acceptors (Lipinski definition) is 3. The van der Waals surface area contributed by atoms with Gasteiger partial charge in [0.05, 0.1) is 10.6 Å². The van der Waals surface area contributed by atoms with E-state index in [4.69, 9.17) is 11.6 Å². The predicted molar refractivity (Wildman–Crippen MR) is 72.8 cm³/mol. The lowest BCUT2D eigenvalue weighted by Gasteiger charge is -2.24. The molecular weight excluding hydrogens is 258 g/mol. The monoisotopic (exact) mass is 275 g/mol. The van der Waals surface area contributed by atoms with Crippen LogP contribution in [0.3, 0.4) is 0 Å². The van der Waals surface area contributed by atoms with Crippen molar-refractivity contribution in [3.8, 4) is 0 Å². The minimum atomic E-state index is -3.19. The van der Waals surface area contributed by atoms with E-state index in [1.54, 1.807) is 12.1 Å². The Balaban J connectivity index is 3.11. The lowest BCUT2D eigenvalue weighted by molar-refractivity contribution is 0.601. The van der Waals surface area contributed by atoms with E-state index in [0.29, 0.717) is 10.8 Å². The van der Waals surface area contributed by atoms with Gasteiger partial charge in [-0.25, -0.2) is 8.42 Å². The molecule has 1 aromatic carbocycles. The SMILES string of the molecule is CCN(CCCCl)c1ccccc1S(C)(=O)=O. The molecular formula is C12H18ClNO2S. The van der Waals surface area contributed by atoms with Gasteiger partial charge >= 0.3 is 0 Å². The van der Waals surface area contributed by atoms with Gasteiger partial charge in [0.15, 0.2) is 9.84 Å². The van der Waals surface area contributed by atoms with E-state index in [9.17, 15) is 8.42 Å². The lowest BCUT2D eigenvalue weighted by atomic mass is 10.2. The predicted octanol–water partition coefficient (Wildman–Crippen LogP) is 2.55. The topological polar surface area (TPSA) is 37.4 Å². The van der Waals surface area contributed by atoms with E-state index in [0.717, 1.165) is 25.2 Å². The number of sulfone groups is 1. The van der Waals surface area contributed by atoms with Crippen molar-refractivity contribution in [3.63, 3.8) is 0 Å². The Hall–Kier alpha value is -0.740. The molecule has 0 bridgehead atoms. The smallest absolute Gasteiger partial charge is 0.177 e. The molecule has 0 aliphatic carbocycles. The number of alkyl halides is 1. The van der Waals surface area contributed by atoms with Crippen LogP contribution in [0.4, 0.5) is 5.69 Å². The van der Waals surface area contributed by atoms with Crippen LogP contribution in [0.5, 0.6) is 0 Å². The van der Waals surface area contributed by atoms with Crippen molar-refractivity contribution < 1.29 is 8.42 Å². The summed E-state index contributed by atoms with van der Waals surface area (Å²) in [7, 11) is -3.19. The standard InChI is InChI=1S/C12H18ClNO2S/c1-3-14(10-6-9-13)11-7-4-5-8-12(11)17(2,15)16/h4-5,7-8H,3,6,9-10H2,1-2H3. The zero-order chi connectivity index (χ0) is 12.9. The number of nitrogens with zero attached hydrogens (tertiary/aromatic N) is 1. The van der Waals surface area contributed by atoms with Crippen molar-refractivity contribution >= 4 is 27.1 Å². The quantitative estimate of drug-likeness (QED) is 0.749. The summed E-state index contributed by atoms with van der Waals surface area (Å²) in [6.45, 7) is 3.54. The summed E-state index contributed by atoms with van der Waals surface area (Å²) in [5.41, 5.74) is 0.766. The van der Waals surface area contributed by atoms with Gasteiger partial charge in [-0.05, 0) is 25.5 Å². The fourth-order valence-corrected chi connectivity index (χ4v) is 2.75. The Morgan fingerprint density at radius 2 is 1.94 bits per heavy atom. The first-order valence-electron chi connectivity index (χ1n) is 5.60. The number of hydrogen-bond donors (Lipinski definition) is 0. The third-order valence-corrected chi connectivity index (χ3v) is 3.96. The molecule has 0 aromatic heterocycles. The lowest BCUT2D eigenvalue weighted by Crippen LogP contribution is -2.25. The van der Waals surface area contributed by atoms with Gasteiger partial charge in [-0.3, -0.25) is 0 Å². The molecule has 0 N–H and O–H groups in total. The molecule has 0 radical (unpaired) electrons. The zero-order valence-electron chi connectivity index (χ0n) is 10.2. The molecule has 0 fully saturated rings. The first-order valence-corrected chi connectivity index (χ1v) is 8.03. The Labute approximate surface area is 108 Å². The molecule has 3 nitrogen and oxygen atoms in total. The molecule has 0 aliphatic rings. The average Bonchev–Trinajstić information content (AvgIpc) is 2.29. The van der Waals surface area contributed by atoms with Gasteiger partial charge in [0.2, 0.25) is 0 Å². The normalized spacial score (nSPS) is 11.5. The number of benzene rings is 1. The molecule has 0 aliphatic heterocycles. The molecule has 0 spiro atoms. The van der Waals surface area contributed by atoms with Crippen LogP contribution in [-0.2, 0) is 9.84 Å². The maximum atomic E-state index is 11.7. The highest BCUT2D eigenvalue weighted by atomic mass is 35.5. The summed E-state index contributed by atoms with van der Waals surface area (Å²) >= 11 is 5.67. The maximum Gasteiger partial charge on any atom is 0.177 e. The van der Waals surface area contributed by atoms with Crippen molar-refractivity contribution in [2.75, 3.05) is 30.1 Å². The van der Waals surface area contributed by atoms with Gasteiger partial charge in [-0.15, -0.1) is 11.6 Å². The molecule has 17 heavy (non-hydrogen) atoms. The van der Waals surface area contributed by atoms with Gasteiger partial charge in [0.1, 0.15) is 0 Å². The Bertz CT molecular complexity index is 459. The van der Waals surface area contributed by atoms with E-state index in [1.807, 2.05) is 24.0 Å². The zero-order valence-corrected chi connectivity index (χ0v) is 11.8. The van der Waals surface area contributed by atoms with Gasteiger partial charge in [-0.2, -0.15) is 0 Å². The second-order valence-corrected chi connectivity index (χ2v) is 6.22. The summed E-state index contributed by atoms with van der Waals surface area (Å²) < 4.78 is 23.4. The van der Waals surface area contributed by atoms with Gasteiger partial charge in [0.25, 0.3) is 0 Å². The molecule has 0 heterocycles. The van der Waals surface area contributed by atoms with Crippen molar-refractivity contribution in [3.05, 3.63) is 24.3 Å². The first-order chi connectivity index (χ1) is 8.00. The highest BCUT2D eigenvalue weighted by molar-refractivity contribution is 7.90. The van der Waals surface area contributed by atoms with Crippen molar-refractivity contribution in [2.45, 2.75) is 18.2 Å². The van der Waals surface area contributed by atoms with E-state index in [1.165, 1.54) is 6.26 Å². The largest absolute Gasteiger partial charge is 0.371 e. The van der Waals surface area contributed by atoms with Crippen LogP contribution in [0.25, 0.3) is 0 Å². The van der Waals surface area contributed by atoms with Crippen LogP contribution in [-0.4, -0.2) is 33.6 Å². The van der Waals surface area contributed by atoms with Crippen LogP contribution in [0.15, 0.2) is 29.2 Å². The van der Waals surface area contributed by atoms with Crippen LogP contribution >= 0.6 is 11.6 Å². The third kappa shape index (κ3) is 3.89. The number of halogens is 1. The second kappa shape index (κ2) is 6.26. The molecule has 0 saturated carbocycles. The van der Waals surface area contributed by atoms with Crippen LogP contribution in [0.2, 0.25) is 0 Å². The molecule has 0 unspecified atom stereocenters. The van der Waals surface area contributed by atoms with E-state index < -0.39 is 9.84 Å². The Morgan fingerprint density at radius 1 is 1.29 bits per heavy atom. The third-order valence-electron chi connectivity index (χ3n) is 2.55. The summed E-state index contributed by atoms with van der Waals surface area (Å²) in [6.07, 6.45) is 2.08. The summed E-state index contributed by atoms with van der Waals surface area (Å²) in [5.74, 6) is 0.581.